The van der Waals surface area contributed by atoms with Gasteiger partial charge in [0, 0.05) is 10.8 Å². The highest BCUT2D eigenvalue weighted by Gasteiger charge is 2.38. The molecule has 1 heterocycles. The largest absolute Gasteiger partial charge is 0.273 e. The minimum atomic E-state index is 0.571. The fourth-order valence-corrected chi connectivity index (χ4v) is 4.32. The Morgan fingerprint density at radius 2 is 1.76 bits per heavy atom. The van der Waals surface area contributed by atoms with Crippen molar-refractivity contribution in [3.8, 4) is 0 Å². The van der Waals surface area contributed by atoms with E-state index in [1.54, 1.807) is 0 Å². The van der Waals surface area contributed by atoms with Crippen LogP contribution in [0.1, 0.15) is 32.3 Å². The molecule has 4 unspecified atom stereocenters. The maximum absolute atomic E-state index is 4.94. The summed E-state index contributed by atoms with van der Waals surface area (Å²) in [4.78, 5) is 4.94. The first-order valence-corrected chi connectivity index (χ1v) is 7.42. The van der Waals surface area contributed by atoms with Gasteiger partial charge in [0.05, 0.1) is 11.1 Å². The summed E-state index contributed by atoms with van der Waals surface area (Å²) in [5.41, 5.74) is 1.30. The quantitative estimate of drug-likeness (QED) is 0.729. The van der Waals surface area contributed by atoms with Gasteiger partial charge in [0.15, 0.2) is 0 Å². The maximum atomic E-state index is 4.94. The maximum Gasteiger partial charge on any atom is 0.0984 e. The number of thioether (sulfide) groups is 1. The lowest BCUT2D eigenvalue weighted by Gasteiger charge is -2.32. The predicted molar refractivity (Wildman–Crippen MR) is 75.7 cm³/mol. The molecule has 3 rings (SSSR count). The molecule has 90 valence electrons. The summed E-state index contributed by atoms with van der Waals surface area (Å²) in [7, 11) is 0. The van der Waals surface area contributed by atoms with Crippen LogP contribution in [0.3, 0.4) is 0 Å². The van der Waals surface area contributed by atoms with Gasteiger partial charge in [-0.25, -0.2) is 0 Å². The molecule has 1 aliphatic heterocycles. The van der Waals surface area contributed by atoms with Gasteiger partial charge in [0.2, 0.25) is 0 Å². The number of fused-ring (bicyclic) bond motifs is 1. The molecule has 1 saturated carbocycles. The summed E-state index contributed by atoms with van der Waals surface area (Å²) >= 11 is 2.00. The molecule has 0 saturated heterocycles. The lowest BCUT2D eigenvalue weighted by atomic mass is 9.79. The Balaban J connectivity index is 1.81. The molecule has 0 spiro atoms. The second-order valence-electron chi connectivity index (χ2n) is 5.45. The van der Waals surface area contributed by atoms with Gasteiger partial charge in [0.1, 0.15) is 0 Å². The van der Waals surface area contributed by atoms with Crippen molar-refractivity contribution in [3.63, 3.8) is 0 Å². The van der Waals surface area contributed by atoms with Crippen LogP contribution in [0.4, 0.5) is 0 Å². The lowest BCUT2D eigenvalue weighted by molar-refractivity contribution is 0.262. The smallest absolute Gasteiger partial charge is 0.0984 e. The lowest BCUT2D eigenvalue weighted by Crippen LogP contribution is -2.31. The Kier molecular flexibility index (Phi) is 2.99. The van der Waals surface area contributed by atoms with Gasteiger partial charge in [-0.2, -0.15) is 0 Å². The highest BCUT2D eigenvalue weighted by molar-refractivity contribution is 8.15. The third-order valence-electron chi connectivity index (χ3n) is 4.18. The zero-order valence-corrected chi connectivity index (χ0v) is 11.3. The molecule has 0 aromatic heterocycles. The van der Waals surface area contributed by atoms with Crippen molar-refractivity contribution in [2.75, 3.05) is 0 Å². The number of rotatable bonds is 1. The van der Waals surface area contributed by atoms with Crippen molar-refractivity contribution < 1.29 is 0 Å². The van der Waals surface area contributed by atoms with Gasteiger partial charge in [-0.1, -0.05) is 44.2 Å². The summed E-state index contributed by atoms with van der Waals surface area (Å²) in [6.07, 6.45) is 2.60. The molecule has 1 aromatic rings. The Morgan fingerprint density at radius 1 is 1.06 bits per heavy atom. The fraction of sp³-hybridized carbons (Fsp3) is 0.533. The third-order valence-corrected chi connectivity index (χ3v) is 5.56. The van der Waals surface area contributed by atoms with E-state index < -0.39 is 0 Å². The first-order chi connectivity index (χ1) is 8.24. The molecule has 2 heteroatoms. The molecular formula is C15H19NS. The highest BCUT2D eigenvalue weighted by atomic mass is 32.2. The van der Waals surface area contributed by atoms with Crippen LogP contribution < -0.4 is 0 Å². The van der Waals surface area contributed by atoms with Gasteiger partial charge in [-0.05, 0) is 24.7 Å². The molecule has 17 heavy (non-hydrogen) atoms. The first kappa shape index (κ1) is 11.3. The number of aliphatic imine (C=N–C) groups is 1. The number of nitrogens with zero attached hydrogens (tertiary/aromatic N) is 1. The van der Waals surface area contributed by atoms with Crippen LogP contribution in [0.25, 0.3) is 0 Å². The van der Waals surface area contributed by atoms with E-state index in [4.69, 9.17) is 4.99 Å². The molecule has 0 bridgehead atoms. The monoisotopic (exact) mass is 245 g/mol. The summed E-state index contributed by atoms with van der Waals surface area (Å²) in [6, 6.07) is 11.2. The van der Waals surface area contributed by atoms with E-state index >= 15 is 0 Å². The topological polar surface area (TPSA) is 12.4 Å². The molecule has 0 radical (unpaired) electrons. The van der Waals surface area contributed by atoms with Crippen LogP contribution in [0, 0.1) is 11.8 Å². The zero-order valence-electron chi connectivity index (χ0n) is 10.5. The molecule has 1 aromatic carbocycles. The molecule has 0 N–H and O–H groups in total. The third kappa shape index (κ3) is 2.15. The van der Waals surface area contributed by atoms with Crippen LogP contribution >= 0.6 is 11.8 Å². The zero-order chi connectivity index (χ0) is 11.8. The van der Waals surface area contributed by atoms with Crippen LogP contribution in [-0.4, -0.2) is 16.3 Å². The van der Waals surface area contributed by atoms with Crippen LogP contribution in [-0.2, 0) is 0 Å². The van der Waals surface area contributed by atoms with Gasteiger partial charge >= 0.3 is 0 Å². The van der Waals surface area contributed by atoms with E-state index in [0.29, 0.717) is 6.04 Å². The second kappa shape index (κ2) is 4.49. The Morgan fingerprint density at radius 3 is 2.53 bits per heavy atom. The van der Waals surface area contributed by atoms with Crippen LogP contribution in [0.2, 0.25) is 0 Å². The van der Waals surface area contributed by atoms with E-state index in [-0.39, 0.29) is 0 Å². The van der Waals surface area contributed by atoms with Crippen molar-refractivity contribution >= 4 is 16.8 Å². The Bertz CT molecular complexity index is 426. The minimum Gasteiger partial charge on any atom is -0.273 e. The van der Waals surface area contributed by atoms with Crippen molar-refractivity contribution in [2.45, 2.75) is 38.0 Å². The minimum absolute atomic E-state index is 0.571. The fourth-order valence-electron chi connectivity index (χ4n) is 2.83. The molecule has 1 aliphatic carbocycles. The molecule has 2 aliphatic rings. The summed E-state index contributed by atoms with van der Waals surface area (Å²) in [5, 5.41) is 2.00. The average molecular weight is 245 g/mol. The van der Waals surface area contributed by atoms with E-state index in [9.17, 15) is 0 Å². The standard InChI is InChI=1S/C15H19NS/c1-10-8-13-14(9-11(10)2)17-15(16-13)12-6-4-3-5-7-12/h3-7,10-11,13-14H,8-9H2,1-2H3. The van der Waals surface area contributed by atoms with E-state index in [2.05, 4.69) is 44.2 Å². The molecule has 1 nitrogen and oxygen atoms in total. The normalized spacial score (nSPS) is 36.5. The number of hydrogen-bond acceptors (Lipinski definition) is 2. The van der Waals surface area contributed by atoms with Gasteiger partial charge in [-0.3, -0.25) is 4.99 Å². The van der Waals surface area contributed by atoms with Gasteiger partial charge < -0.3 is 0 Å². The first-order valence-electron chi connectivity index (χ1n) is 6.54. The van der Waals surface area contributed by atoms with Crippen molar-refractivity contribution in [3.05, 3.63) is 35.9 Å². The summed E-state index contributed by atoms with van der Waals surface area (Å²) in [6.45, 7) is 4.77. The SMILES string of the molecule is CC1CC2N=C(c3ccccc3)SC2CC1C. The Hall–Kier alpha value is -0.760. The van der Waals surface area contributed by atoms with Crippen LogP contribution in [0.15, 0.2) is 35.3 Å². The van der Waals surface area contributed by atoms with Crippen molar-refractivity contribution in [2.24, 2.45) is 16.8 Å². The molecule has 0 amide bonds. The summed E-state index contributed by atoms with van der Waals surface area (Å²) in [5.74, 6) is 1.68. The van der Waals surface area contributed by atoms with E-state index in [0.717, 1.165) is 17.1 Å². The highest BCUT2D eigenvalue weighted by Crippen LogP contribution is 2.43. The molecular weight excluding hydrogens is 226 g/mol. The van der Waals surface area contributed by atoms with Crippen molar-refractivity contribution in [1.82, 2.24) is 0 Å². The number of hydrogen-bond donors (Lipinski definition) is 0. The Labute approximate surface area is 108 Å². The van der Waals surface area contributed by atoms with Crippen LogP contribution in [0.5, 0.6) is 0 Å². The molecule has 1 fully saturated rings. The van der Waals surface area contributed by atoms with Gasteiger partial charge in [0.25, 0.3) is 0 Å². The van der Waals surface area contributed by atoms with E-state index in [1.165, 1.54) is 23.4 Å². The second-order valence-corrected chi connectivity index (χ2v) is 6.68. The predicted octanol–water partition coefficient (Wildman–Crippen LogP) is 3.98. The summed E-state index contributed by atoms with van der Waals surface area (Å²) < 4.78 is 0. The average Bonchev–Trinajstić information content (AvgIpc) is 2.74. The molecule has 4 atom stereocenters. The van der Waals surface area contributed by atoms with E-state index in [1.807, 2.05) is 11.8 Å². The van der Waals surface area contributed by atoms with Crippen molar-refractivity contribution in [1.29, 1.82) is 0 Å². The number of benzene rings is 1. The van der Waals surface area contributed by atoms with Gasteiger partial charge in [-0.15, -0.1) is 11.8 Å².